The topological polar surface area (TPSA) is 38.5 Å². The lowest BCUT2D eigenvalue weighted by atomic mass is 10.1. The Balaban J connectivity index is 2.16. The summed E-state index contributed by atoms with van der Waals surface area (Å²) < 4.78 is 5.20. The Labute approximate surface area is 89.2 Å². The smallest absolute Gasteiger partial charge is 0.0824 e. The Hall–Kier alpha value is 0.137. The third-order valence-electron chi connectivity index (χ3n) is 3.79. The minimum absolute atomic E-state index is 0.382. The van der Waals surface area contributed by atoms with Crippen LogP contribution in [0.4, 0.5) is 0 Å². The van der Waals surface area contributed by atoms with Crippen LogP contribution in [0.25, 0.3) is 0 Å². The highest BCUT2D eigenvalue weighted by Gasteiger charge is 2.27. The lowest BCUT2D eigenvalue weighted by molar-refractivity contribution is 0.377. The van der Waals surface area contributed by atoms with Crippen LogP contribution in [0.2, 0.25) is 24.7 Å². The summed E-state index contributed by atoms with van der Waals surface area (Å²) in [5, 5.41) is 0. The first-order valence-electron chi connectivity index (χ1n) is 5.97. The molecule has 14 heavy (non-hydrogen) atoms. The van der Waals surface area contributed by atoms with Gasteiger partial charge >= 0.3 is 0 Å². The standard InChI is InChI=1S/C11H25NOSi/c1-4-14(3,5-2)7-6-10(12)8-11-9-13-11/h10-11H,4-9,12H2,1-3H3. The molecule has 1 aliphatic rings. The van der Waals surface area contributed by atoms with E-state index in [2.05, 4.69) is 20.4 Å². The summed E-state index contributed by atoms with van der Waals surface area (Å²) in [5.74, 6) is 0. The van der Waals surface area contributed by atoms with E-state index in [4.69, 9.17) is 10.5 Å². The SMILES string of the molecule is CC[Si](C)(CC)CCC(N)CC1CO1. The van der Waals surface area contributed by atoms with Crippen molar-refractivity contribution in [3.05, 3.63) is 0 Å². The van der Waals surface area contributed by atoms with Gasteiger partial charge in [-0.05, 0) is 12.8 Å². The summed E-state index contributed by atoms with van der Waals surface area (Å²) >= 11 is 0. The van der Waals surface area contributed by atoms with Gasteiger partial charge in [-0.2, -0.15) is 0 Å². The van der Waals surface area contributed by atoms with Crippen molar-refractivity contribution >= 4 is 8.07 Å². The normalized spacial score (nSPS) is 23.6. The Morgan fingerprint density at radius 3 is 2.43 bits per heavy atom. The molecule has 2 nitrogen and oxygen atoms in total. The van der Waals surface area contributed by atoms with Crippen LogP contribution in [-0.2, 0) is 4.74 Å². The van der Waals surface area contributed by atoms with E-state index in [9.17, 15) is 0 Å². The predicted molar refractivity (Wildman–Crippen MR) is 64.3 cm³/mol. The molecule has 1 heterocycles. The summed E-state index contributed by atoms with van der Waals surface area (Å²) in [4.78, 5) is 0. The molecule has 0 aliphatic carbocycles. The van der Waals surface area contributed by atoms with Crippen molar-refractivity contribution in [1.82, 2.24) is 0 Å². The third kappa shape index (κ3) is 4.11. The Bertz CT molecular complexity index is 167. The van der Waals surface area contributed by atoms with E-state index in [0.717, 1.165) is 13.0 Å². The van der Waals surface area contributed by atoms with Crippen LogP contribution in [0.1, 0.15) is 26.7 Å². The Kier molecular flexibility index (Phi) is 4.61. The molecule has 84 valence electrons. The van der Waals surface area contributed by atoms with Gasteiger partial charge in [-0.25, -0.2) is 0 Å². The second kappa shape index (κ2) is 5.28. The second-order valence-corrected chi connectivity index (χ2v) is 10.5. The fourth-order valence-corrected chi connectivity index (χ4v) is 4.07. The van der Waals surface area contributed by atoms with Crippen molar-refractivity contribution in [3.8, 4) is 0 Å². The van der Waals surface area contributed by atoms with Gasteiger partial charge in [0.05, 0.1) is 12.7 Å². The van der Waals surface area contributed by atoms with E-state index in [1.165, 1.54) is 24.6 Å². The van der Waals surface area contributed by atoms with Gasteiger partial charge in [0.1, 0.15) is 0 Å². The van der Waals surface area contributed by atoms with Crippen molar-refractivity contribution in [2.75, 3.05) is 6.61 Å². The molecule has 0 aromatic rings. The molecule has 0 aromatic carbocycles. The molecular weight excluding hydrogens is 190 g/mol. The molecule has 2 N–H and O–H groups in total. The molecule has 0 saturated carbocycles. The molecule has 0 amide bonds. The zero-order chi connectivity index (χ0) is 10.6. The van der Waals surface area contributed by atoms with Gasteiger partial charge in [0.25, 0.3) is 0 Å². The lowest BCUT2D eigenvalue weighted by Gasteiger charge is -2.25. The average Bonchev–Trinajstić information content (AvgIpc) is 2.98. The van der Waals surface area contributed by atoms with Crippen LogP contribution in [0.5, 0.6) is 0 Å². The number of hydrogen-bond donors (Lipinski definition) is 1. The largest absolute Gasteiger partial charge is 0.373 e. The van der Waals surface area contributed by atoms with E-state index in [1.807, 2.05) is 0 Å². The summed E-state index contributed by atoms with van der Waals surface area (Å²) in [6, 6.07) is 4.58. The summed E-state index contributed by atoms with van der Waals surface area (Å²) in [5.41, 5.74) is 6.07. The van der Waals surface area contributed by atoms with E-state index in [0.29, 0.717) is 12.1 Å². The minimum Gasteiger partial charge on any atom is -0.373 e. The van der Waals surface area contributed by atoms with Gasteiger partial charge in [0.15, 0.2) is 0 Å². The molecule has 0 spiro atoms. The van der Waals surface area contributed by atoms with Crippen LogP contribution in [0.3, 0.4) is 0 Å². The van der Waals surface area contributed by atoms with E-state index < -0.39 is 8.07 Å². The number of rotatable bonds is 7. The van der Waals surface area contributed by atoms with Crippen molar-refractivity contribution in [2.24, 2.45) is 5.73 Å². The zero-order valence-corrected chi connectivity index (χ0v) is 10.9. The van der Waals surface area contributed by atoms with Crippen molar-refractivity contribution < 1.29 is 4.74 Å². The van der Waals surface area contributed by atoms with E-state index >= 15 is 0 Å². The summed E-state index contributed by atoms with van der Waals surface area (Å²) in [6.07, 6.45) is 2.79. The van der Waals surface area contributed by atoms with Crippen LogP contribution in [0.15, 0.2) is 0 Å². The van der Waals surface area contributed by atoms with Crippen LogP contribution in [0, 0.1) is 0 Å². The van der Waals surface area contributed by atoms with Crippen LogP contribution >= 0.6 is 0 Å². The highest BCUT2D eigenvalue weighted by molar-refractivity contribution is 6.78. The molecule has 3 heteroatoms. The molecule has 1 aliphatic heterocycles. The third-order valence-corrected chi connectivity index (χ3v) is 8.70. The van der Waals surface area contributed by atoms with E-state index in [1.54, 1.807) is 0 Å². The average molecular weight is 215 g/mol. The fourth-order valence-electron chi connectivity index (χ4n) is 1.80. The first-order valence-corrected chi connectivity index (χ1v) is 9.09. The Morgan fingerprint density at radius 2 is 2.00 bits per heavy atom. The molecule has 1 fully saturated rings. The van der Waals surface area contributed by atoms with Crippen LogP contribution < -0.4 is 5.73 Å². The van der Waals surface area contributed by atoms with Crippen molar-refractivity contribution in [2.45, 2.75) is 63.5 Å². The summed E-state index contributed by atoms with van der Waals surface area (Å²) in [7, 11) is -0.912. The molecular formula is C11H25NOSi. The van der Waals surface area contributed by atoms with Gasteiger partial charge in [-0.3, -0.25) is 0 Å². The molecule has 1 saturated heterocycles. The van der Waals surface area contributed by atoms with Gasteiger partial charge in [0, 0.05) is 14.1 Å². The monoisotopic (exact) mass is 215 g/mol. The number of nitrogens with two attached hydrogens (primary N) is 1. The molecule has 2 unspecified atom stereocenters. The maximum Gasteiger partial charge on any atom is 0.0824 e. The van der Waals surface area contributed by atoms with Gasteiger partial charge in [0.2, 0.25) is 0 Å². The lowest BCUT2D eigenvalue weighted by Crippen LogP contribution is -2.31. The first kappa shape index (κ1) is 12.2. The predicted octanol–water partition coefficient (Wildman–Crippen LogP) is 2.61. The van der Waals surface area contributed by atoms with Gasteiger partial charge < -0.3 is 10.5 Å². The highest BCUT2D eigenvalue weighted by Crippen LogP contribution is 2.24. The molecule has 2 atom stereocenters. The van der Waals surface area contributed by atoms with Crippen molar-refractivity contribution in [3.63, 3.8) is 0 Å². The quantitative estimate of drug-likeness (QED) is 0.524. The molecule has 0 bridgehead atoms. The number of ether oxygens (including phenoxy) is 1. The second-order valence-electron chi connectivity index (χ2n) is 5.01. The van der Waals surface area contributed by atoms with Crippen molar-refractivity contribution in [1.29, 1.82) is 0 Å². The maximum atomic E-state index is 6.07. The number of hydrogen-bond acceptors (Lipinski definition) is 2. The fraction of sp³-hybridized carbons (Fsp3) is 1.00. The van der Waals surface area contributed by atoms with Gasteiger partial charge in [-0.1, -0.05) is 38.5 Å². The molecule has 0 radical (unpaired) electrons. The zero-order valence-electron chi connectivity index (χ0n) is 9.88. The minimum atomic E-state index is -0.912. The molecule has 0 aromatic heterocycles. The summed E-state index contributed by atoms with van der Waals surface area (Å²) in [6.45, 7) is 8.13. The van der Waals surface area contributed by atoms with Crippen LogP contribution in [-0.4, -0.2) is 26.8 Å². The van der Waals surface area contributed by atoms with E-state index in [-0.39, 0.29) is 0 Å². The van der Waals surface area contributed by atoms with Gasteiger partial charge in [-0.15, -0.1) is 0 Å². The Morgan fingerprint density at radius 1 is 1.43 bits per heavy atom. The highest BCUT2D eigenvalue weighted by atomic mass is 28.3. The molecule has 1 rings (SSSR count). The number of epoxide rings is 1. The first-order chi connectivity index (χ1) is 6.59. The maximum absolute atomic E-state index is 6.07.